The fourth-order valence-corrected chi connectivity index (χ4v) is 2.40. The van der Waals surface area contributed by atoms with E-state index < -0.39 is 0 Å². The van der Waals surface area contributed by atoms with E-state index in [2.05, 4.69) is 20.4 Å². The summed E-state index contributed by atoms with van der Waals surface area (Å²) in [6.45, 7) is 0.187. The van der Waals surface area contributed by atoms with E-state index in [-0.39, 0.29) is 18.0 Å². The molecule has 0 saturated carbocycles. The average molecular weight is 323 g/mol. The number of aromatic nitrogens is 2. The molecule has 8 nitrogen and oxygen atoms in total. The standard InChI is InChI=1S/C16H13N5O3/c17-10-3-1-2-9(6-10)14-15(16(22)21-19-14)20-18-11-4-5-12-13(7-11)24-8-23-12/h1-7H,8,17H2,(H2,19,21,22). The molecule has 2 aromatic carbocycles. The van der Waals surface area contributed by atoms with Gasteiger partial charge in [-0.15, -0.1) is 5.11 Å². The Bertz CT molecular complexity index is 989. The number of benzene rings is 2. The van der Waals surface area contributed by atoms with Crippen molar-refractivity contribution >= 4 is 17.1 Å². The van der Waals surface area contributed by atoms with Gasteiger partial charge in [-0.05, 0) is 24.3 Å². The Kier molecular flexibility index (Phi) is 3.27. The van der Waals surface area contributed by atoms with E-state index in [9.17, 15) is 4.79 Å². The normalized spacial score (nSPS) is 12.8. The smallest absolute Gasteiger partial charge is 0.292 e. The topological polar surface area (TPSA) is 118 Å². The third-order valence-corrected chi connectivity index (χ3v) is 3.55. The van der Waals surface area contributed by atoms with Gasteiger partial charge in [0, 0.05) is 17.3 Å². The van der Waals surface area contributed by atoms with E-state index in [0.717, 1.165) is 5.56 Å². The van der Waals surface area contributed by atoms with Crippen LogP contribution in [0.25, 0.3) is 11.3 Å². The highest BCUT2D eigenvalue weighted by Crippen LogP contribution is 2.36. The first-order valence-electron chi connectivity index (χ1n) is 7.19. The lowest BCUT2D eigenvalue weighted by Crippen LogP contribution is -1.96. The number of nitrogens with two attached hydrogens (primary N) is 1. The number of fused-ring (bicyclic) bond motifs is 1. The minimum Gasteiger partial charge on any atom is -0.454 e. The monoisotopic (exact) mass is 323 g/mol. The summed E-state index contributed by atoms with van der Waals surface area (Å²) >= 11 is 0. The summed E-state index contributed by atoms with van der Waals surface area (Å²) in [5.74, 6) is 1.26. The Balaban J connectivity index is 1.70. The third kappa shape index (κ3) is 2.50. The third-order valence-electron chi connectivity index (χ3n) is 3.55. The fraction of sp³-hybridized carbons (Fsp3) is 0.0625. The second-order valence-electron chi connectivity index (χ2n) is 5.17. The van der Waals surface area contributed by atoms with E-state index in [1.165, 1.54) is 0 Å². The molecule has 4 rings (SSSR count). The lowest BCUT2D eigenvalue weighted by molar-refractivity contribution is 0.174. The molecule has 0 atom stereocenters. The number of aromatic amines is 2. The molecule has 24 heavy (non-hydrogen) atoms. The largest absolute Gasteiger partial charge is 0.454 e. The molecule has 1 aliphatic heterocycles. The molecule has 1 aromatic heterocycles. The van der Waals surface area contributed by atoms with Gasteiger partial charge in [0.2, 0.25) is 6.79 Å². The van der Waals surface area contributed by atoms with Crippen LogP contribution < -0.4 is 20.8 Å². The number of nitrogens with one attached hydrogen (secondary N) is 2. The van der Waals surface area contributed by atoms with Crippen molar-refractivity contribution in [3.05, 3.63) is 52.8 Å². The SMILES string of the molecule is Nc1cccc(-c2[nH][nH]c(=O)c2N=Nc2ccc3c(c2)OCO3)c1. The summed E-state index contributed by atoms with van der Waals surface area (Å²) in [6, 6.07) is 12.3. The molecule has 4 N–H and O–H groups in total. The Morgan fingerprint density at radius 2 is 1.88 bits per heavy atom. The first kappa shape index (κ1) is 14.1. The molecule has 8 heteroatoms. The van der Waals surface area contributed by atoms with Crippen molar-refractivity contribution in [1.82, 2.24) is 10.2 Å². The molecule has 2 heterocycles. The van der Waals surface area contributed by atoms with Crippen LogP contribution in [0.15, 0.2) is 57.5 Å². The maximum absolute atomic E-state index is 12.0. The van der Waals surface area contributed by atoms with Crippen LogP contribution in [0.5, 0.6) is 11.5 Å². The van der Waals surface area contributed by atoms with Gasteiger partial charge < -0.3 is 15.2 Å². The second kappa shape index (κ2) is 5.58. The summed E-state index contributed by atoms with van der Waals surface area (Å²) in [4.78, 5) is 12.0. The van der Waals surface area contributed by atoms with Crippen molar-refractivity contribution in [2.45, 2.75) is 0 Å². The lowest BCUT2D eigenvalue weighted by atomic mass is 10.1. The van der Waals surface area contributed by atoms with Gasteiger partial charge in [-0.1, -0.05) is 12.1 Å². The molecule has 0 radical (unpaired) electrons. The molecule has 0 amide bonds. The molecule has 1 aliphatic rings. The lowest BCUT2D eigenvalue weighted by Gasteiger charge is -2.00. The molecular weight excluding hydrogens is 310 g/mol. The highest BCUT2D eigenvalue weighted by molar-refractivity contribution is 5.73. The number of nitrogens with zero attached hydrogens (tertiary/aromatic N) is 2. The molecular formula is C16H13N5O3. The van der Waals surface area contributed by atoms with Crippen molar-refractivity contribution in [1.29, 1.82) is 0 Å². The molecule has 0 spiro atoms. The van der Waals surface area contributed by atoms with Crippen molar-refractivity contribution < 1.29 is 9.47 Å². The van der Waals surface area contributed by atoms with Gasteiger partial charge in [0.15, 0.2) is 17.2 Å². The van der Waals surface area contributed by atoms with E-state index in [0.29, 0.717) is 28.6 Å². The van der Waals surface area contributed by atoms with Gasteiger partial charge in [0.05, 0.1) is 11.4 Å². The predicted octanol–water partition coefficient (Wildman–Crippen LogP) is 3.10. The average Bonchev–Trinajstić information content (AvgIpc) is 3.19. The van der Waals surface area contributed by atoms with Gasteiger partial charge in [0.25, 0.3) is 5.56 Å². The zero-order valence-electron chi connectivity index (χ0n) is 12.4. The van der Waals surface area contributed by atoms with Crippen molar-refractivity contribution in [2.24, 2.45) is 10.2 Å². The summed E-state index contributed by atoms with van der Waals surface area (Å²) in [5, 5.41) is 13.5. The molecule has 3 aromatic rings. The van der Waals surface area contributed by atoms with E-state index in [1.54, 1.807) is 36.4 Å². The van der Waals surface area contributed by atoms with E-state index >= 15 is 0 Å². The summed E-state index contributed by atoms with van der Waals surface area (Å²) in [7, 11) is 0. The zero-order chi connectivity index (χ0) is 16.5. The van der Waals surface area contributed by atoms with Crippen molar-refractivity contribution in [2.75, 3.05) is 12.5 Å². The number of rotatable bonds is 3. The van der Waals surface area contributed by atoms with Crippen LogP contribution in [0.3, 0.4) is 0 Å². The Hall–Kier alpha value is -3.55. The predicted molar refractivity (Wildman–Crippen MR) is 88.0 cm³/mol. The summed E-state index contributed by atoms with van der Waals surface area (Å²) < 4.78 is 10.5. The number of azo groups is 1. The maximum Gasteiger partial charge on any atom is 0.292 e. The van der Waals surface area contributed by atoms with Gasteiger partial charge in [-0.2, -0.15) is 5.11 Å². The summed E-state index contributed by atoms with van der Waals surface area (Å²) in [5.41, 5.74) is 8.02. The molecule has 0 saturated heterocycles. The minimum absolute atomic E-state index is 0.179. The molecule has 0 unspecified atom stereocenters. The molecule has 0 bridgehead atoms. The number of hydrogen-bond donors (Lipinski definition) is 3. The number of H-pyrrole nitrogens is 2. The van der Waals surface area contributed by atoms with Gasteiger partial charge in [0.1, 0.15) is 0 Å². The zero-order valence-corrected chi connectivity index (χ0v) is 12.4. The van der Waals surface area contributed by atoms with Gasteiger partial charge in [-0.3, -0.25) is 15.0 Å². The number of hydrogen-bond acceptors (Lipinski definition) is 6. The Morgan fingerprint density at radius 3 is 2.75 bits per heavy atom. The molecule has 120 valence electrons. The fourth-order valence-electron chi connectivity index (χ4n) is 2.40. The van der Waals surface area contributed by atoms with Crippen LogP contribution >= 0.6 is 0 Å². The first-order valence-corrected chi connectivity index (χ1v) is 7.19. The second-order valence-corrected chi connectivity index (χ2v) is 5.17. The van der Waals surface area contributed by atoms with Crippen LogP contribution in [-0.4, -0.2) is 17.0 Å². The highest BCUT2D eigenvalue weighted by atomic mass is 16.7. The minimum atomic E-state index is -0.364. The van der Waals surface area contributed by atoms with E-state index in [1.807, 2.05) is 6.07 Å². The van der Waals surface area contributed by atoms with Gasteiger partial charge >= 0.3 is 0 Å². The van der Waals surface area contributed by atoms with Crippen LogP contribution in [0.2, 0.25) is 0 Å². The van der Waals surface area contributed by atoms with Crippen LogP contribution in [0, 0.1) is 0 Å². The number of ether oxygens (including phenoxy) is 2. The Labute approximate surface area is 135 Å². The van der Waals surface area contributed by atoms with Crippen LogP contribution in [-0.2, 0) is 0 Å². The van der Waals surface area contributed by atoms with Crippen molar-refractivity contribution in [3.63, 3.8) is 0 Å². The van der Waals surface area contributed by atoms with Crippen LogP contribution in [0.4, 0.5) is 17.1 Å². The maximum atomic E-state index is 12.0. The van der Waals surface area contributed by atoms with Crippen molar-refractivity contribution in [3.8, 4) is 22.8 Å². The first-order chi connectivity index (χ1) is 11.7. The summed E-state index contributed by atoms with van der Waals surface area (Å²) in [6.07, 6.45) is 0. The van der Waals surface area contributed by atoms with E-state index in [4.69, 9.17) is 15.2 Å². The highest BCUT2D eigenvalue weighted by Gasteiger charge is 2.14. The quantitative estimate of drug-likeness (QED) is 0.507. The number of anilines is 1. The van der Waals surface area contributed by atoms with Crippen LogP contribution in [0.1, 0.15) is 0 Å². The molecule has 0 fully saturated rings. The molecule has 0 aliphatic carbocycles. The Morgan fingerprint density at radius 1 is 1.00 bits per heavy atom. The number of nitrogen functional groups attached to an aromatic ring is 1. The van der Waals surface area contributed by atoms with Gasteiger partial charge in [-0.25, -0.2) is 0 Å².